The summed E-state index contributed by atoms with van der Waals surface area (Å²) in [5.41, 5.74) is 0.0739. The summed E-state index contributed by atoms with van der Waals surface area (Å²) in [4.78, 5) is 0. The van der Waals surface area contributed by atoms with Gasteiger partial charge in [0, 0.05) is 5.82 Å². The third-order valence-electron chi connectivity index (χ3n) is 5.38. The Hall–Kier alpha value is -1.27. The van der Waals surface area contributed by atoms with E-state index in [4.69, 9.17) is 9.31 Å². The van der Waals surface area contributed by atoms with Crippen molar-refractivity contribution in [1.29, 1.82) is 0 Å². The highest BCUT2D eigenvalue weighted by Gasteiger charge is 2.58. The Kier molecular flexibility index (Phi) is 5.98. The van der Waals surface area contributed by atoms with Crippen LogP contribution in [0.25, 0.3) is 0 Å². The van der Waals surface area contributed by atoms with Crippen LogP contribution >= 0.6 is 0 Å². The van der Waals surface area contributed by atoms with Crippen LogP contribution in [0.4, 0.5) is 13.2 Å². The number of allylic oxidation sites excluding steroid dienone is 2. The van der Waals surface area contributed by atoms with Crippen molar-refractivity contribution in [2.45, 2.75) is 71.2 Å². The summed E-state index contributed by atoms with van der Waals surface area (Å²) in [6, 6.07) is 8.74. The van der Waals surface area contributed by atoms with E-state index in [1.807, 2.05) is 27.7 Å². The lowest BCUT2D eigenvalue weighted by atomic mass is 9.60. The molecule has 1 saturated heterocycles. The molecule has 1 aliphatic heterocycles. The summed E-state index contributed by atoms with van der Waals surface area (Å²) in [7, 11) is -0.959. The highest BCUT2D eigenvalue weighted by Crippen LogP contribution is 2.47. The summed E-state index contributed by atoms with van der Waals surface area (Å²) in [5, 5.41) is 0. The summed E-state index contributed by atoms with van der Waals surface area (Å²) >= 11 is 0. The predicted molar refractivity (Wildman–Crippen MR) is 98.9 cm³/mol. The topological polar surface area (TPSA) is 18.5 Å². The van der Waals surface area contributed by atoms with Crippen LogP contribution in [0.3, 0.4) is 0 Å². The lowest BCUT2D eigenvalue weighted by Gasteiger charge is -2.32. The Balaban J connectivity index is 2.49. The fourth-order valence-corrected chi connectivity index (χ4v) is 3.14. The monoisotopic (exact) mass is 368 g/mol. The van der Waals surface area contributed by atoms with Crippen molar-refractivity contribution in [1.82, 2.24) is 0 Å². The molecule has 1 fully saturated rings. The minimum absolute atomic E-state index is 0.102. The molecule has 0 spiro atoms. The molecule has 1 aromatic rings. The minimum Gasteiger partial charge on any atom is -0.403 e. The first-order valence-electron chi connectivity index (χ1n) is 8.96. The van der Waals surface area contributed by atoms with Gasteiger partial charge in [0.05, 0.1) is 17.1 Å². The van der Waals surface area contributed by atoms with Crippen LogP contribution in [0.5, 0.6) is 0 Å². The minimum atomic E-state index is -4.37. The number of rotatable bonds is 5. The third kappa shape index (κ3) is 4.52. The molecule has 0 bridgehead atoms. The van der Waals surface area contributed by atoms with Gasteiger partial charge in [0.25, 0.3) is 0 Å². The van der Waals surface area contributed by atoms with Gasteiger partial charge in [-0.15, -0.1) is 0 Å². The second kappa shape index (κ2) is 7.39. The van der Waals surface area contributed by atoms with Crippen LogP contribution in [-0.4, -0.2) is 24.5 Å². The Morgan fingerprint density at radius 3 is 1.96 bits per heavy atom. The van der Waals surface area contributed by atoms with E-state index >= 15 is 0 Å². The lowest BCUT2D eigenvalue weighted by molar-refractivity contribution is -0.176. The van der Waals surface area contributed by atoms with Crippen LogP contribution in [0.1, 0.15) is 59.3 Å². The van der Waals surface area contributed by atoms with Crippen molar-refractivity contribution in [2.75, 3.05) is 0 Å². The third-order valence-corrected chi connectivity index (χ3v) is 5.38. The molecule has 0 amide bonds. The molecule has 1 aliphatic rings. The van der Waals surface area contributed by atoms with Gasteiger partial charge >= 0.3 is 13.3 Å². The maximum absolute atomic E-state index is 14.0. The Morgan fingerprint density at radius 1 is 1.04 bits per heavy atom. The SMILES string of the molecule is CC(C)=CCC(C(B1OC(C)(C)C(C)(C)O1)c1ccccc1)C(F)(F)F. The summed E-state index contributed by atoms with van der Waals surface area (Å²) < 4.78 is 54.1. The molecule has 1 heterocycles. The van der Waals surface area contributed by atoms with Gasteiger partial charge in [-0.25, -0.2) is 0 Å². The zero-order valence-electron chi connectivity index (χ0n) is 16.4. The Morgan fingerprint density at radius 2 is 1.54 bits per heavy atom. The molecule has 26 heavy (non-hydrogen) atoms. The van der Waals surface area contributed by atoms with E-state index in [1.54, 1.807) is 50.3 Å². The number of benzene rings is 1. The normalized spacial score (nSPS) is 21.3. The van der Waals surface area contributed by atoms with Gasteiger partial charge < -0.3 is 9.31 Å². The average molecular weight is 368 g/mol. The molecule has 0 aliphatic carbocycles. The fourth-order valence-electron chi connectivity index (χ4n) is 3.14. The van der Waals surface area contributed by atoms with E-state index in [0.29, 0.717) is 5.56 Å². The average Bonchev–Trinajstić information content (AvgIpc) is 2.70. The summed E-state index contributed by atoms with van der Waals surface area (Å²) in [5.74, 6) is -2.53. The molecule has 2 atom stereocenters. The first-order chi connectivity index (χ1) is 11.8. The van der Waals surface area contributed by atoms with Crippen LogP contribution in [0.15, 0.2) is 42.0 Å². The maximum atomic E-state index is 14.0. The zero-order valence-corrected chi connectivity index (χ0v) is 16.4. The quantitative estimate of drug-likeness (QED) is 0.473. The van der Waals surface area contributed by atoms with Crippen molar-refractivity contribution in [2.24, 2.45) is 5.92 Å². The molecule has 144 valence electrons. The van der Waals surface area contributed by atoms with Gasteiger partial charge in [0.2, 0.25) is 0 Å². The first-order valence-corrected chi connectivity index (χ1v) is 8.96. The molecule has 6 heteroatoms. The second-order valence-corrected chi connectivity index (χ2v) is 8.23. The van der Waals surface area contributed by atoms with E-state index < -0.39 is 36.2 Å². The molecule has 2 rings (SSSR count). The maximum Gasteiger partial charge on any atom is 0.466 e. The molecule has 0 saturated carbocycles. The molecule has 2 nitrogen and oxygen atoms in total. The molecule has 0 N–H and O–H groups in total. The van der Waals surface area contributed by atoms with Gasteiger partial charge in [-0.2, -0.15) is 13.2 Å². The smallest absolute Gasteiger partial charge is 0.403 e. The molecule has 1 aromatic carbocycles. The van der Waals surface area contributed by atoms with E-state index in [2.05, 4.69) is 0 Å². The van der Waals surface area contributed by atoms with Crippen LogP contribution in [-0.2, 0) is 9.31 Å². The van der Waals surface area contributed by atoms with Crippen molar-refractivity contribution in [3.8, 4) is 0 Å². The highest BCUT2D eigenvalue weighted by atomic mass is 19.4. The van der Waals surface area contributed by atoms with Gasteiger partial charge in [-0.05, 0) is 53.5 Å². The number of halogens is 3. The van der Waals surface area contributed by atoms with Gasteiger partial charge in [-0.3, -0.25) is 0 Å². The number of hydrogen-bond donors (Lipinski definition) is 0. The van der Waals surface area contributed by atoms with Crippen molar-refractivity contribution in [3.05, 3.63) is 47.5 Å². The molecular weight excluding hydrogens is 340 g/mol. The summed E-state index contributed by atoms with van der Waals surface area (Å²) in [6.07, 6.45) is -2.83. The highest BCUT2D eigenvalue weighted by molar-refractivity contribution is 6.47. The number of alkyl halides is 3. The molecule has 0 aromatic heterocycles. The largest absolute Gasteiger partial charge is 0.466 e. The van der Waals surface area contributed by atoms with Gasteiger partial charge in [0.15, 0.2) is 0 Å². The van der Waals surface area contributed by atoms with Crippen LogP contribution < -0.4 is 0 Å². The van der Waals surface area contributed by atoms with E-state index in [-0.39, 0.29) is 6.42 Å². The first kappa shape index (κ1) is 21.0. The number of hydrogen-bond acceptors (Lipinski definition) is 2. The van der Waals surface area contributed by atoms with Crippen molar-refractivity contribution < 1.29 is 22.5 Å². The van der Waals surface area contributed by atoms with E-state index in [0.717, 1.165) is 5.57 Å². The lowest BCUT2D eigenvalue weighted by Crippen LogP contribution is -2.41. The standard InChI is InChI=1S/C20H28BF3O2/c1-14(2)12-13-16(20(22,23)24)17(15-10-8-7-9-11-15)21-25-18(3,4)19(5,6)26-21/h7-12,16-17H,13H2,1-6H3. The van der Waals surface area contributed by atoms with E-state index in [1.165, 1.54) is 0 Å². The molecular formula is C20H28BF3O2. The van der Waals surface area contributed by atoms with Crippen LogP contribution in [0.2, 0.25) is 0 Å². The van der Waals surface area contributed by atoms with Gasteiger partial charge in [-0.1, -0.05) is 42.0 Å². The molecule has 2 unspecified atom stereocenters. The predicted octanol–water partition coefficient (Wildman–Crippen LogP) is 5.94. The fraction of sp³-hybridized carbons (Fsp3) is 0.600. The van der Waals surface area contributed by atoms with E-state index in [9.17, 15) is 13.2 Å². The summed E-state index contributed by atoms with van der Waals surface area (Å²) in [6.45, 7) is 11.0. The van der Waals surface area contributed by atoms with Crippen LogP contribution in [0, 0.1) is 5.92 Å². The zero-order chi connectivity index (χ0) is 19.8. The molecule has 0 radical (unpaired) electrons. The van der Waals surface area contributed by atoms with Crippen molar-refractivity contribution in [3.63, 3.8) is 0 Å². The van der Waals surface area contributed by atoms with Crippen molar-refractivity contribution >= 4 is 7.12 Å². The Labute approximate surface area is 154 Å². The van der Waals surface area contributed by atoms with Gasteiger partial charge in [0.1, 0.15) is 0 Å². The second-order valence-electron chi connectivity index (χ2n) is 8.23. The Bertz CT molecular complexity index is 618.